The van der Waals surface area contributed by atoms with E-state index in [1.165, 1.54) is 0 Å². The second-order valence-corrected chi connectivity index (χ2v) is 5.26. The molecule has 2 N–H and O–H groups in total. The third-order valence-electron chi connectivity index (χ3n) is 4.39. The third kappa shape index (κ3) is 1.49. The Kier molecular flexibility index (Phi) is 2.31. The average molecular weight is 259 g/mol. The van der Waals surface area contributed by atoms with Gasteiger partial charge in [0, 0.05) is 5.54 Å². The molecule has 2 atom stereocenters. The summed E-state index contributed by atoms with van der Waals surface area (Å²) < 4.78 is 52.1. The Bertz CT molecular complexity index is 484. The van der Waals surface area contributed by atoms with E-state index in [-0.39, 0.29) is 17.4 Å². The van der Waals surface area contributed by atoms with Crippen LogP contribution in [0.2, 0.25) is 0 Å². The second-order valence-electron chi connectivity index (χ2n) is 5.26. The Morgan fingerprint density at radius 2 is 1.78 bits per heavy atom. The standard InChI is InChI=1S/C13H13F4N/c14-7-4-5-10(13(15,16)17)11(6-7)12(18)8-2-1-3-9(8)12/h4-6,8-9H,1-3,18H2. The summed E-state index contributed by atoms with van der Waals surface area (Å²) in [5, 5.41) is 0. The van der Waals surface area contributed by atoms with E-state index in [0.717, 1.165) is 37.5 Å². The smallest absolute Gasteiger partial charge is 0.321 e. The number of rotatable bonds is 1. The van der Waals surface area contributed by atoms with Crippen LogP contribution >= 0.6 is 0 Å². The summed E-state index contributed by atoms with van der Waals surface area (Å²) in [6.45, 7) is 0. The minimum absolute atomic E-state index is 0.0651. The van der Waals surface area contributed by atoms with Gasteiger partial charge in [0.05, 0.1) is 5.56 Å². The molecule has 3 rings (SSSR count). The van der Waals surface area contributed by atoms with Crippen molar-refractivity contribution in [3.8, 4) is 0 Å². The number of nitrogens with two attached hydrogens (primary N) is 1. The number of hydrogen-bond acceptors (Lipinski definition) is 1. The van der Waals surface area contributed by atoms with Crippen molar-refractivity contribution in [1.29, 1.82) is 0 Å². The van der Waals surface area contributed by atoms with Crippen LogP contribution in [0.4, 0.5) is 17.6 Å². The fourth-order valence-corrected chi connectivity index (χ4v) is 3.52. The van der Waals surface area contributed by atoms with Gasteiger partial charge in [0.2, 0.25) is 0 Å². The van der Waals surface area contributed by atoms with E-state index in [9.17, 15) is 17.6 Å². The molecule has 0 amide bonds. The summed E-state index contributed by atoms with van der Waals surface area (Å²) >= 11 is 0. The van der Waals surface area contributed by atoms with Crippen molar-refractivity contribution in [2.75, 3.05) is 0 Å². The van der Waals surface area contributed by atoms with Gasteiger partial charge in [-0.05, 0) is 48.4 Å². The Hall–Kier alpha value is -1.10. The van der Waals surface area contributed by atoms with Gasteiger partial charge < -0.3 is 5.73 Å². The van der Waals surface area contributed by atoms with Crippen molar-refractivity contribution in [2.24, 2.45) is 17.6 Å². The maximum atomic E-state index is 13.2. The zero-order chi connectivity index (χ0) is 13.1. The maximum Gasteiger partial charge on any atom is 0.416 e. The molecule has 98 valence electrons. The molecule has 1 aromatic rings. The summed E-state index contributed by atoms with van der Waals surface area (Å²) in [7, 11) is 0. The molecule has 0 bridgehead atoms. The molecule has 2 fully saturated rings. The van der Waals surface area contributed by atoms with E-state index >= 15 is 0 Å². The zero-order valence-electron chi connectivity index (χ0n) is 9.60. The lowest BCUT2D eigenvalue weighted by molar-refractivity contribution is -0.138. The molecule has 0 heterocycles. The molecule has 2 saturated carbocycles. The highest BCUT2D eigenvalue weighted by Gasteiger charge is 2.66. The first-order valence-electron chi connectivity index (χ1n) is 6.01. The minimum atomic E-state index is -4.48. The van der Waals surface area contributed by atoms with Crippen molar-refractivity contribution >= 4 is 0 Å². The van der Waals surface area contributed by atoms with Crippen LogP contribution in [-0.4, -0.2) is 0 Å². The average Bonchev–Trinajstić information content (AvgIpc) is 2.67. The maximum absolute atomic E-state index is 13.2. The van der Waals surface area contributed by atoms with E-state index in [1.54, 1.807) is 0 Å². The van der Waals surface area contributed by atoms with Crippen molar-refractivity contribution in [2.45, 2.75) is 31.0 Å². The molecular formula is C13H13F4N. The number of alkyl halides is 3. The lowest BCUT2D eigenvalue weighted by Gasteiger charge is -2.21. The molecule has 2 unspecified atom stereocenters. The highest BCUT2D eigenvalue weighted by Crippen LogP contribution is 2.65. The van der Waals surface area contributed by atoms with Crippen LogP contribution in [0.3, 0.4) is 0 Å². The van der Waals surface area contributed by atoms with Crippen molar-refractivity contribution in [3.05, 3.63) is 35.1 Å². The first-order chi connectivity index (χ1) is 8.35. The van der Waals surface area contributed by atoms with E-state index in [2.05, 4.69) is 0 Å². The predicted molar refractivity (Wildman–Crippen MR) is 58.1 cm³/mol. The molecule has 1 nitrogen and oxygen atoms in total. The number of halogens is 4. The molecule has 2 aliphatic rings. The quantitative estimate of drug-likeness (QED) is 0.768. The predicted octanol–water partition coefficient (Wildman–Crippen LogP) is 3.43. The summed E-state index contributed by atoms with van der Waals surface area (Å²) in [5.74, 6) is -0.492. The molecule has 1 aromatic carbocycles. The van der Waals surface area contributed by atoms with E-state index in [1.807, 2.05) is 0 Å². The lowest BCUT2D eigenvalue weighted by Crippen LogP contribution is -2.29. The Balaban J connectivity index is 2.09. The Morgan fingerprint density at radius 3 is 2.33 bits per heavy atom. The summed E-state index contributed by atoms with van der Waals surface area (Å²) in [5.41, 5.74) is 4.29. The second kappa shape index (κ2) is 3.47. The molecule has 0 aliphatic heterocycles. The van der Waals surface area contributed by atoms with Gasteiger partial charge in [-0.25, -0.2) is 4.39 Å². The van der Waals surface area contributed by atoms with Gasteiger partial charge in [-0.2, -0.15) is 13.2 Å². The largest absolute Gasteiger partial charge is 0.416 e. The SMILES string of the molecule is NC1(c2cc(F)ccc2C(F)(F)F)C2CCCC21. The van der Waals surface area contributed by atoms with Gasteiger partial charge in [0.25, 0.3) is 0 Å². The highest BCUT2D eigenvalue weighted by molar-refractivity contribution is 5.43. The van der Waals surface area contributed by atoms with E-state index < -0.39 is 23.1 Å². The summed E-state index contributed by atoms with van der Waals surface area (Å²) in [6.07, 6.45) is -1.79. The first kappa shape index (κ1) is 12.0. The topological polar surface area (TPSA) is 26.0 Å². The zero-order valence-corrected chi connectivity index (χ0v) is 9.60. The number of benzene rings is 1. The van der Waals surface area contributed by atoms with Crippen LogP contribution in [0.15, 0.2) is 18.2 Å². The lowest BCUT2D eigenvalue weighted by atomic mass is 9.92. The minimum Gasteiger partial charge on any atom is -0.321 e. The van der Waals surface area contributed by atoms with Crippen LogP contribution in [-0.2, 0) is 11.7 Å². The number of fused-ring (bicyclic) bond motifs is 1. The van der Waals surface area contributed by atoms with Gasteiger partial charge in [-0.3, -0.25) is 0 Å². The summed E-state index contributed by atoms with van der Waals surface area (Å²) in [6, 6.07) is 2.60. The molecule has 0 saturated heterocycles. The van der Waals surface area contributed by atoms with Crippen molar-refractivity contribution in [3.63, 3.8) is 0 Å². The third-order valence-corrected chi connectivity index (χ3v) is 4.39. The molecule has 5 heteroatoms. The normalized spacial score (nSPS) is 34.5. The van der Waals surface area contributed by atoms with Crippen LogP contribution in [0.1, 0.15) is 30.4 Å². The van der Waals surface area contributed by atoms with Gasteiger partial charge in [0.15, 0.2) is 0 Å². The molecule has 0 radical (unpaired) electrons. The van der Waals surface area contributed by atoms with Crippen LogP contribution in [0, 0.1) is 17.7 Å². The van der Waals surface area contributed by atoms with Gasteiger partial charge in [-0.1, -0.05) is 6.42 Å². The molecule has 2 aliphatic carbocycles. The molecule has 18 heavy (non-hydrogen) atoms. The van der Waals surface area contributed by atoms with Crippen LogP contribution in [0.5, 0.6) is 0 Å². The van der Waals surface area contributed by atoms with E-state index in [0.29, 0.717) is 0 Å². The van der Waals surface area contributed by atoms with Crippen LogP contribution in [0.25, 0.3) is 0 Å². The fourth-order valence-electron chi connectivity index (χ4n) is 3.52. The Labute approximate surface area is 102 Å². The monoisotopic (exact) mass is 259 g/mol. The molecule has 0 spiro atoms. The van der Waals surface area contributed by atoms with Crippen molar-refractivity contribution < 1.29 is 17.6 Å². The molecular weight excluding hydrogens is 246 g/mol. The summed E-state index contributed by atoms with van der Waals surface area (Å²) in [4.78, 5) is 0. The van der Waals surface area contributed by atoms with Gasteiger partial charge >= 0.3 is 6.18 Å². The van der Waals surface area contributed by atoms with E-state index in [4.69, 9.17) is 5.73 Å². The highest BCUT2D eigenvalue weighted by atomic mass is 19.4. The molecule has 0 aromatic heterocycles. The van der Waals surface area contributed by atoms with Crippen molar-refractivity contribution in [1.82, 2.24) is 0 Å². The van der Waals surface area contributed by atoms with Gasteiger partial charge in [0.1, 0.15) is 5.82 Å². The number of hydrogen-bond donors (Lipinski definition) is 1. The fraction of sp³-hybridized carbons (Fsp3) is 0.538. The van der Waals surface area contributed by atoms with Crippen LogP contribution < -0.4 is 5.73 Å². The first-order valence-corrected chi connectivity index (χ1v) is 6.01. The Morgan fingerprint density at radius 1 is 1.17 bits per heavy atom. The van der Waals surface area contributed by atoms with Gasteiger partial charge in [-0.15, -0.1) is 0 Å².